The van der Waals surface area contributed by atoms with E-state index in [0.717, 1.165) is 41.0 Å². The largest absolute Gasteiger partial charge is 0.450 e. The third-order valence-electron chi connectivity index (χ3n) is 3.62. The van der Waals surface area contributed by atoms with Crippen molar-refractivity contribution >= 4 is 33.8 Å². The molecule has 116 valence electrons. The normalized spacial score (nSPS) is 14.4. The molecule has 0 amide bonds. The minimum absolute atomic E-state index is 0.306. The Labute approximate surface area is 129 Å². The molecule has 1 aliphatic rings. The van der Waals surface area contributed by atoms with Crippen molar-refractivity contribution in [3.63, 3.8) is 0 Å². The van der Waals surface area contributed by atoms with Gasteiger partial charge in [0.2, 0.25) is 5.95 Å². The van der Waals surface area contributed by atoms with E-state index in [1.165, 1.54) is 12.8 Å². The molecular weight excluding hydrogens is 278 g/mol. The van der Waals surface area contributed by atoms with Crippen LogP contribution in [0.15, 0.2) is 28.7 Å². The molecule has 3 heterocycles. The number of para-hydroxylation sites is 1. The van der Waals surface area contributed by atoms with Crippen LogP contribution in [0, 0.1) is 0 Å². The molecule has 1 saturated heterocycles. The van der Waals surface area contributed by atoms with Crippen molar-refractivity contribution in [3.05, 3.63) is 24.3 Å². The van der Waals surface area contributed by atoms with Crippen LogP contribution in [-0.2, 0) is 0 Å². The Bertz CT molecular complexity index is 777. The monoisotopic (exact) mass is 299 g/mol. The number of fused-ring (bicyclic) bond motifs is 3. The van der Waals surface area contributed by atoms with Gasteiger partial charge in [-0.3, -0.25) is 0 Å². The predicted molar refractivity (Wildman–Crippen MR) is 90.2 cm³/mol. The van der Waals surface area contributed by atoms with Crippen LogP contribution < -0.4 is 16.0 Å². The third-order valence-corrected chi connectivity index (χ3v) is 3.62. The van der Waals surface area contributed by atoms with E-state index in [9.17, 15) is 0 Å². The maximum Gasteiger partial charge on any atom is 0.222 e. The lowest BCUT2D eigenvalue weighted by atomic mass is 10.2. The maximum absolute atomic E-state index is 5.93. The molecule has 4 rings (SSSR count). The molecule has 0 radical (unpaired) electrons. The van der Waals surface area contributed by atoms with E-state index in [1.807, 2.05) is 38.4 Å². The van der Waals surface area contributed by atoms with E-state index in [1.54, 1.807) is 0 Å². The van der Waals surface area contributed by atoms with Gasteiger partial charge in [0.25, 0.3) is 0 Å². The first kappa shape index (κ1) is 14.6. The minimum Gasteiger partial charge on any atom is -0.450 e. The molecule has 1 aromatic carbocycles. The Balaban J connectivity index is 0.000000446. The fourth-order valence-corrected chi connectivity index (χ4v) is 2.74. The zero-order chi connectivity index (χ0) is 15.5. The Morgan fingerprint density at radius 3 is 2.55 bits per heavy atom. The summed E-state index contributed by atoms with van der Waals surface area (Å²) < 4.78 is 5.93. The molecule has 0 bridgehead atoms. The molecule has 1 aliphatic heterocycles. The van der Waals surface area contributed by atoms with Crippen molar-refractivity contribution in [3.8, 4) is 0 Å². The number of anilines is 2. The summed E-state index contributed by atoms with van der Waals surface area (Å²) in [4.78, 5) is 10.9. The first-order chi connectivity index (χ1) is 10.7. The molecule has 1 fully saturated rings. The number of nitrogens with zero attached hydrogens (tertiary/aromatic N) is 3. The molecule has 3 aromatic rings. The highest BCUT2D eigenvalue weighted by atomic mass is 16.3. The molecule has 0 spiro atoms. The van der Waals surface area contributed by atoms with Crippen molar-refractivity contribution in [2.75, 3.05) is 37.8 Å². The number of nitrogen functional groups attached to an aromatic ring is 1. The molecule has 0 aliphatic carbocycles. The summed E-state index contributed by atoms with van der Waals surface area (Å²) in [5.74, 6) is 1.14. The van der Waals surface area contributed by atoms with Crippen LogP contribution in [0.3, 0.4) is 0 Å². The average Bonchev–Trinajstić information content (AvgIpc) is 3.15. The number of nitrogens with one attached hydrogen (secondary N) is 1. The second-order valence-corrected chi connectivity index (χ2v) is 5.38. The topological polar surface area (TPSA) is 80.2 Å². The van der Waals surface area contributed by atoms with Crippen molar-refractivity contribution in [1.82, 2.24) is 15.3 Å². The van der Waals surface area contributed by atoms with Crippen molar-refractivity contribution in [1.29, 1.82) is 0 Å². The SMILES string of the molecule is CNC.Nc1nc(N2CCCC2)c2oc3ccccc3c2n1. The summed E-state index contributed by atoms with van der Waals surface area (Å²) in [5.41, 5.74) is 8.24. The first-order valence-electron chi connectivity index (χ1n) is 7.52. The molecule has 2 aromatic heterocycles. The summed E-state index contributed by atoms with van der Waals surface area (Å²) in [6.07, 6.45) is 2.37. The highest BCUT2D eigenvalue weighted by Crippen LogP contribution is 2.34. The Hall–Kier alpha value is -2.34. The number of hydrogen-bond acceptors (Lipinski definition) is 6. The van der Waals surface area contributed by atoms with Gasteiger partial charge in [-0.2, -0.15) is 4.98 Å². The molecule has 0 unspecified atom stereocenters. The second-order valence-electron chi connectivity index (χ2n) is 5.38. The first-order valence-corrected chi connectivity index (χ1v) is 7.52. The van der Waals surface area contributed by atoms with Crippen LogP contribution in [-0.4, -0.2) is 37.2 Å². The second kappa shape index (κ2) is 6.19. The van der Waals surface area contributed by atoms with Gasteiger partial charge in [0.05, 0.1) is 0 Å². The molecule has 0 atom stereocenters. The summed E-state index contributed by atoms with van der Waals surface area (Å²) >= 11 is 0. The summed E-state index contributed by atoms with van der Waals surface area (Å²) in [5, 5.41) is 3.74. The van der Waals surface area contributed by atoms with Crippen LogP contribution in [0.1, 0.15) is 12.8 Å². The molecule has 6 heteroatoms. The number of benzene rings is 1. The number of furan rings is 1. The standard InChI is InChI=1S/C14H14N4O.C2H7N/c15-14-16-11-9-5-1-2-6-10(9)19-12(11)13(17-14)18-7-3-4-8-18;1-3-2/h1-2,5-6H,3-4,7-8H2,(H2,15,16,17);3H,1-2H3. The van der Waals surface area contributed by atoms with Gasteiger partial charge in [-0.1, -0.05) is 12.1 Å². The molecular formula is C16H21N5O. The van der Waals surface area contributed by atoms with Gasteiger partial charge in [0, 0.05) is 18.5 Å². The third kappa shape index (κ3) is 2.57. The molecule has 3 N–H and O–H groups in total. The van der Waals surface area contributed by atoms with Gasteiger partial charge >= 0.3 is 0 Å². The van der Waals surface area contributed by atoms with Crippen LogP contribution in [0.25, 0.3) is 22.1 Å². The van der Waals surface area contributed by atoms with Gasteiger partial charge in [0.15, 0.2) is 11.4 Å². The van der Waals surface area contributed by atoms with Crippen LogP contribution >= 0.6 is 0 Å². The minimum atomic E-state index is 0.306. The van der Waals surface area contributed by atoms with Gasteiger partial charge in [0.1, 0.15) is 11.1 Å². The van der Waals surface area contributed by atoms with Crippen LogP contribution in [0.5, 0.6) is 0 Å². The maximum atomic E-state index is 5.93. The number of nitrogens with two attached hydrogens (primary N) is 1. The fraction of sp³-hybridized carbons (Fsp3) is 0.375. The summed E-state index contributed by atoms with van der Waals surface area (Å²) in [7, 11) is 3.75. The summed E-state index contributed by atoms with van der Waals surface area (Å²) in [6, 6.07) is 7.88. The quantitative estimate of drug-likeness (QED) is 0.718. The molecule has 6 nitrogen and oxygen atoms in total. The zero-order valence-electron chi connectivity index (χ0n) is 13.0. The van der Waals surface area contributed by atoms with Crippen molar-refractivity contribution in [2.45, 2.75) is 12.8 Å². The fourth-order valence-electron chi connectivity index (χ4n) is 2.74. The lowest BCUT2D eigenvalue weighted by Gasteiger charge is -2.16. The zero-order valence-corrected chi connectivity index (χ0v) is 13.0. The van der Waals surface area contributed by atoms with E-state index < -0.39 is 0 Å². The smallest absolute Gasteiger partial charge is 0.222 e. The predicted octanol–water partition coefficient (Wildman–Crippen LogP) is 2.39. The Morgan fingerprint density at radius 1 is 1.14 bits per heavy atom. The Kier molecular flexibility index (Phi) is 4.11. The van der Waals surface area contributed by atoms with Gasteiger partial charge in [-0.15, -0.1) is 0 Å². The van der Waals surface area contributed by atoms with Crippen molar-refractivity contribution < 1.29 is 4.42 Å². The lowest BCUT2D eigenvalue weighted by molar-refractivity contribution is 0.663. The number of hydrogen-bond donors (Lipinski definition) is 2. The van der Waals surface area contributed by atoms with E-state index in [2.05, 4.69) is 20.2 Å². The van der Waals surface area contributed by atoms with E-state index >= 15 is 0 Å². The van der Waals surface area contributed by atoms with Crippen LogP contribution in [0.4, 0.5) is 11.8 Å². The van der Waals surface area contributed by atoms with E-state index in [0.29, 0.717) is 5.95 Å². The lowest BCUT2D eigenvalue weighted by Crippen LogP contribution is -2.19. The Morgan fingerprint density at radius 2 is 1.82 bits per heavy atom. The van der Waals surface area contributed by atoms with Gasteiger partial charge < -0.3 is 20.4 Å². The van der Waals surface area contributed by atoms with Gasteiger partial charge in [-0.25, -0.2) is 4.98 Å². The highest BCUT2D eigenvalue weighted by molar-refractivity contribution is 6.06. The van der Waals surface area contributed by atoms with E-state index in [4.69, 9.17) is 10.2 Å². The van der Waals surface area contributed by atoms with Crippen molar-refractivity contribution in [2.24, 2.45) is 0 Å². The highest BCUT2D eigenvalue weighted by Gasteiger charge is 2.21. The van der Waals surface area contributed by atoms with Crippen LogP contribution in [0.2, 0.25) is 0 Å². The number of rotatable bonds is 1. The average molecular weight is 299 g/mol. The number of aromatic nitrogens is 2. The molecule has 0 saturated carbocycles. The van der Waals surface area contributed by atoms with E-state index in [-0.39, 0.29) is 0 Å². The van der Waals surface area contributed by atoms with Gasteiger partial charge in [-0.05, 0) is 39.1 Å². The molecule has 22 heavy (non-hydrogen) atoms. The summed E-state index contributed by atoms with van der Waals surface area (Å²) in [6.45, 7) is 2.01.